The van der Waals surface area contributed by atoms with Gasteiger partial charge in [0.2, 0.25) is 5.78 Å². The van der Waals surface area contributed by atoms with Crippen molar-refractivity contribution in [2.24, 2.45) is 0 Å². The molecule has 0 amide bonds. The summed E-state index contributed by atoms with van der Waals surface area (Å²) in [7, 11) is 0.263. The smallest absolute Gasteiger partial charge is 0.217 e. The number of carbonyl (C=O) groups excluding carboxylic acids is 1. The van der Waals surface area contributed by atoms with Crippen molar-refractivity contribution in [3.63, 3.8) is 0 Å². The van der Waals surface area contributed by atoms with Crippen molar-refractivity contribution in [1.29, 1.82) is 0 Å². The van der Waals surface area contributed by atoms with Gasteiger partial charge in [0, 0.05) is 16.5 Å². The second-order valence-corrected chi connectivity index (χ2v) is 13.3. The minimum absolute atomic E-state index is 0.188. The number of aryl methyl sites for hydroxylation is 1. The van der Waals surface area contributed by atoms with Crippen LogP contribution in [-0.2, 0) is 17.3 Å². The molecule has 0 aromatic heterocycles. The molecular weight excluding hydrogens is 408 g/mol. The van der Waals surface area contributed by atoms with E-state index in [0.29, 0.717) is 5.78 Å². The second kappa shape index (κ2) is 16.0. The summed E-state index contributed by atoms with van der Waals surface area (Å²) in [5, 5.41) is 0. The zero-order valence-electron chi connectivity index (χ0n) is 21.6. The molecular formula is C30H51OS+. The van der Waals surface area contributed by atoms with E-state index in [0.717, 1.165) is 12.0 Å². The van der Waals surface area contributed by atoms with Gasteiger partial charge in [-0.15, -0.1) is 0 Å². The number of carbonyl (C=O) groups is 1. The fourth-order valence-corrected chi connectivity index (χ4v) is 7.70. The summed E-state index contributed by atoms with van der Waals surface area (Å²) in [6, 6.07) is 8.57. The van der Waals surface area contributed by atoms with E-state index in [1.807, 2.05) is 0 Å². The van der Waals surface area contributed by atoms with Crippen LogP contribution in [0.2, 0.25) is 0 Å². The first-order valence-corrected chi connectivity index (χ1v) is 15.4. The molecule has 0 radical (unpaired) electrons. The molecule has 0 bridgehead atoms. The van der Waals surface area contributed by atoms with E-state index < -0.39 is 0 Å². The normalized spacial score (nSPS) is 14.8. The number of rotatable bonds is 18. The van der Waals surface area contributed by atoms with Crippen LogP contribution in [0.4, 0.5) is 0 Å². The van der Waals surface area contributed by atoms with Crippen molar-refractivity contribution in [2.75, 3.05) is 11.5 Å². The van der Waals surface area contributed by atoms with Crippen LogP contribution in [0.5, 0.6) is 0 Å². The summed E-state index contributed by atoms with van der Waals surface area (Å²) >= 11 is 0. The molecule has 1 aliphatic rings. The quantitative estimate of drug-likeness (QED) is 0.121. The lowest BCUT2D eigenvalue weighted by Crippen LogP contribution is -2.41. The standard InChI is InChI=1S/C30H51OS/c1-4-5-6-7-8-9-10-11-12-13-14-15-16-17-20-27-21-23-28(24-22-27)29(31)30(2,3)32-25-18-19-26-32/h21-24H,4-20,25-26H2,1-3H3/q+1. The molecule has 1 aliphatic heterocycles. The van der Waals surface area contributed by atoms with Crippen LogP contribution in [-0.4, -0.2) is 22.0 Å². The Labute approximate surface area is 202 Å². The molecule has 0 aliphatic carbocycles. The van der Waals surface area contributed by atoms with Gasteiger partial charge in [-0.05, 0) is 45.1 Å². The fourth-order valence-electron chi connectivity index (χ4n) is 4.99. The number of hydrogen-bond donors (Lipinski definition) is 0. The van der Waals surface area contributed by atoms with Gasteiger partial charge in [-0.1, -0.05) is 115 Å². The predicted octanol–water partition coefficient (Wildman–Crippen LogP) is 9.08. The molecule has 0 saturated carbocycles. The minimum Gasteiger partial charge on any atom is -0.288 e. The first kappa shape index (κ1) is 27.5. The molecule has 32 heavy (non-hydrogen) atoms. The summed E-state index contributed by atoms with van der Waals surface area (Å²) in [6.07, 6.45) is 23.5. The van der Waals surface area contributed by atoms with Gasteiger partial charge in [-0.2, -0.15) is 0 Å². The summed E-state index contributed by atoms with van der Waals surface area (Å²) in [5.41, 5.74) is 2.31. The van der Waals surface area contributed by atoms with Crippen molar-refractivity contribution >= 4 is 16.7 Å². The van der Waals surface area contributed by atoms with Crippen LogP contribution in [0.3, 0.4) is 0 Å². The Morgan fingerprint density at radius 1 is 0.719 bits per heavy atom. The van der Waals surface area contributed by atoms with Gasteiger partial charge in [0.1, 0.15) is 11.5 Å². The first-order chi connectivity index (χ1) is 15.6. The lowest BCUT2D eigenvalue weighted by molar-refractivity contribution is 0.0956. The van der Waals surface area contributed by atoms with Gasteiger partial charge >= 0.3 is 0 Å². The van der Waals surface area contributed by atoms with Crippen LogP contribution < -0.4 is 0 Å². The molecule has 1 nitrogen and oxygen atoms in total. The van der Waals surface area contributed by atoms with Gasteiger partial charge < -0.3 is 0 Å². The van der Waals surface area contributed by atoms with E-state index in [2.05, 4.69) is 45.0 Å². The zero-order valence-corrected chi connectivity index (χ0v) is 22.4. The third-order valence-electron chi connectivity index (χ3n) is 7.34. The SMILES string of the molecule is CCCCCCCCCCCCCCCCc1ccc(C(=O)C(C)(C)[S+]2CCCC2)cc1. The molecule has 2 heteroatoms. The maximum Gasteiger partial charge on any atom is 0.217 e. The Hall–Kier alpha value is -0.760. The van der Waals surface area contributed by atoms with Gasteiger partial charge in [0.25, 0.3) is 0 Å². The van der Waals surface area contributed by atoms with Crippen molar-refractivity contribution < 1.29 is 4.79 Å². The maximum absolute atomic E-state index is 13.1. The van der Waals surface area contributed by atoms with Crippen LogP contribution >= 0.6 is 0 Å². The Morgan fingerprint density at radius 2 is 1.16 bits per heavy atom. The summed E-state index contributed by atoms with van der Waals surface area (Å²) < 4.78 is -0.188. The average Bonchev–Trinajstić information content (AvgIpc) is 3.35. The lowest BCUT2D eigenvalue weighted by atomic mass is 9.97. The molecule has 1 aromatic rings. The van der Waals surface area contributed by atoms with Gasteiger partial charge in [0.05, 0.1) is 0 Å². The molecule has 1 heterocycles. The third kappa shape index (κ3) is 10.0. The van der Waals surface area contributed by atoms with E-state index in [9.17, 15) is 4.79 Å². The number of ketones is 1. The number of benzene rings is 1. The van der Waals surface area contributed by atoms with Crippen LogP contribution in [0.15, 0.2) is 24.3 Å². The fraction of sp³-hybridized carbons (Fsp3) is 0.767. The highest BCUT2D eigenvalue weighted by atomic mass is 32.2. The van der Waals surface area contributed by atoms with E-state index in [1.165, 1.54) is 120 Å². The molecule has 0 unspecified atom stereocenters. The summed E-state index contributed by atoms with van der Waals surface area (Å²) in [6.45, 7) is 6.64. The molecule has 1 aromatic carbocycles. The lowest BCUT2D eigenvalue weighted by Gasteiger charge is -2.21. The Morgan fingerprint density at radius 3 is 1.62 bits per heavy atom. The average molecular weight is 460 g/mol. The van der Waals surface area contributed by atoms with Gasteiger partial charge in [0.15, 0.2) is 4.75 Å². The topological polar surface area (TPSA) is 17.1 Å². The molecule has 0 atom stereocenters. The van der Waals surface area contributed by atoms with E-state index in [4.69, 9.17) is 0 Å². The molecule has 1 fully saturated rings. The Bertz CT molecular complexity index is 612. The van der Waals surface area contributed by atoms with Crippen molar-refractivity contribution in [2.45, 2.75) is 135 Å². The highest BCUT2D eigenvalue weighted by molar-refractivity contribution is 7.99. The Kier molecular flexibility index (Phi) is 13.7. The monoisotopic (exact) mass is 459 g/mol. The summed E-state index contributed by atoms with van der Waals surface area (Å²) in [4.78, 5) is 13.1. The predicted molar refractivity (Wildman–Crippen MR) is 145 cm³/mol. The van der Waals surface area contributed by atoms with Gasteiger partial charge in [-0.25, -0.2) is 0 Å². The zero-order chi connectivity index (χ0) is 23.1. The summed E-state index contributed by atoms with van der Waals surface area (Å²) in [5.74, 6) is 2.84. The van der Waals surface area contributed by atoms with Crippen molar-refractivity contribution in [1.82, 2.24) is 0 Å². The molecule has 2 rings (SSSR count). The minimum atomic E-state index is -0.188. The van der Waals surface area contributed by atoms with Crippen molar-refractivity contribution in [3.8, 4) is 0 Å². The third-order valence-corrected chi connectivity index (χ3v) is 10.5. The van der Waals surface area contributed by atoms with E-state index in [-0.39, 0.29) is 15.6 Å². The highest BCUT2D eigenvalue weighted by Gasteiger charge is 2.46. The van der Waals surface area contributed by atoms with Crippen LogP contribution in [0.25, 0.3) is 0 Å². The molecule has 0 N–H and O–H groups in total. The van der Waals surface area contributed by atoms with E-state index in [1.54, 1.807) is 0 Å². The maximum atomic E-state index is 13.1. The second-order valence-electron chi connectivity index (χ2n) is 10.5. The first-order valence-electron chi connectivity index (χ1n) is 13.9. The van der Waals surface area contributed by atoms with E-state index >= 15 is 0 Å². The molecule has 0 spiro atoms. The number of Topliss-reactive ketones (excluding diaryl/α,β-unsaturated/α-hetero) is 1. The Balaban J connectivity index is 1.50. The largest absolute Gasteiger partial charge is 0.288 e. The number of unbranched alkanes of at least 4 members (excludes halogenated alkanes) is 13. The molecule has 1 saturated heterocycles. The van der Waals surface area contributed by atoms with Crippen LogP contribution in [0.1, 0.15) is 139 Å². The highest BCUT2D eigenvalue weighted by Crippen LogP contribution is 2.30. The number of hydrogen-bond acceptors (Lipinski definition) is 1. The van der Waals surface area contributed by atoms with Crippen molar-refractivity contribution in [3.05, 3.63) is 35.4 Å². The van der Waals surface area contributed by atoms with Gasteiger partial charge in [-0.3, -0.25) is 4.79 Å². The van der Waals surface area contributed by atoms with Crippen LogP contribution in [0, 0.1) is 0 Å². The molecule has 182 valence electrons.